The number of carbonyl (C=O) groups excluding carboxylic acids is 2. The molecule has 0 fully saturated rings. The van der Waals surface area contributed by atoms with Crippen LogP contribution in [0.4, 0.5) is 10.1 Å². The van der Waals surface area contributed by atoms with Crippen molar-refractivity contribution >= 4 is 23.6 Å². The van der Waals surface area contributed by atoms with Gasteiger partial charge in [0.05, 0.1) is 5.69 Å². The van der Waals surface area contributed by atoms with Crippen molar-refractivity contribution < 1.29 is 18.7 Å². The number of benzene rings is 2. The van der Waals surface area contributed by atoms with E-state index in [0.717, 1.165) is 5.56 Å². The molecule has 1 N–H and O–H groups in total. The smallest absolute Gasteiger partial charge is 0.349 e. The molecule has 1 amide bonds. The maximum atomic E-state index is 13.4. The molecule has 0 unspecified atom stereocenters. The number of ether oxygens (including phenoxy) is 1. The molecule has 0 spiro atoms. The van der Waals surface area contributed by atoms with Crippen molar-refractivity contribution in [2.75, 3.05) is 11.9 Å². The third-order valence-corrected chi connectivity index (χ3v) is 3.21. The van der Waals surface area contributed by atoms with Crippen LogP contribution in [0.1, 0.15) is 11.1 Å². The van der Waals surface area contributed by atoms with Gasteiger partial charge in [0.1, 0.15) is 17.5 Å². The Hall–Kier alpha value is -3.46. The lowest BCUT2D eigenvalue weighted by molar-refractivity contribution is -0.142. The summed E-state index contributed by atoms with van der Waals surface area (Å²) < 4.78 is 18.2. The van der Waals surface area contributed by atoms with Crippen LogP contribution in [-0.4, -0.2) is 18.5 Å². The molecular formula is C19H15FN2O3. The highest BCUT2D eigenvalue weighted by Crippen LogP contribution is 2.12. The van der Waals surface area contributed by atoms with Crippen LogP contribution in [0.3, 0.4) is 0 Å². The highest BCUT2D eigenvalue weighted by atomic mass is 19.1. The molecule has 0 heterocycles. The second-order valence-electron chi connectivity index (χ2n) is 5.18. The minimum absolute atomic E-state index is 0.0146. The molecule has 2 aromatic rings. The first-order valence-electron chi connectivity index (χ1n) is 7.39. The summed E-state index contributed by atoms with van der Waals surface area (Å²) in [6.07, 6.45) is 1.37. The van der Waals surface area contributed by atoms with E-state index in [2.05, 4.69) is 5.32 Å². The fourth-order valence-electron chi connectivity index (χ4n) is 1.92. The molecule has 0 aliphatic rings. The highest BCUT2D eigenvalue weighted by Gasteiger charge is 2.14. The molecule has 0 saturated carbocycles. The number of nitrogens with zero attached hydrogens (tertiary/aromatic N) is 1. The van der Waals surface area contributed by atoms with Crippen LogP contribution in [0, 0.1) is 24.1 Å². The van der Waals surface area contributed by atoms with Crippen molar-refractivity contribution in [3.63, 3.8) is 0 Å². The maximum absolute atomic E-state index is 13.4. The van der Waals surface area contributed by atoms with Crippen molar-refractivity contribution in [3.8, 4) is 6.07 Å². The SMILES string of the molecule is Cc1ccc(/C=C(\C#N)C(=O)OCC(=O)Nc2ccccc2F)cc1. The van der Waals surface area contributed by atoms with E-state index in [1.54, 1.807) is 24.3 Å². The number of aryl methyl sites for hydroxylation is 1. The molecule has 0 aliphatic heterocycles. The summed E-state index contributed by atoms with van der Waals surface area (Å²) in [4.78, 5) is 23.6. The molecule has 25 heavy (non-hydrogen) atoms. The third kappa shape index (κ3) is 5.29. The molecule has 126 valence electrons. The van der Waals surface area contributed by atoms with Gasteiger partial charge in [-0.25, -0.2) is 9.18 Å². The summed E-state index contributed by atoms with van der Waals surface area (Å²) >= 11 is 0. The number of amides is 1. The summed E-state index contributed by atoms with van der Waals surface area (Å²) in [5, 5.41) is 11.4. The lowest BCUT2D eigenvalue weighted by atomic mass is 10.1. The summed E-state index contributed by atoms with van der Waals surface area (Å²) in [7, 11) is 0. The molecule has 6 heteroatoms. The van der Waals surface area contributed by atoms with E-state index >= 15 is 0 Å². The molecule has 5 nitrogen and oxygen atoms in total. The lowest BCUT2D eigenvalue weighted by Crippen LogP contribution is -2.21. The first kappa shape index (κ1) is 17.9. The largest absolute Gasteiger partial charge is 0.451 e. The van der Waals surface area contributed by atoms with E-state index < -0.39 is 24.3 Å². The summed E-state index contributed by atoms with van der Waals surface area (Å²) in [6, 6.07) is 14.6. The molecule has 2 rings (SSSR count). The number of carbonyl (C=O) groups is 2. The average molecular weight is 338 g/mol. The Morgan fingerprint density at radius 1 is 1.20 bits per heavy atom. The number of hydrogen-bond acceptors (Lipinski definition) is 4. The van der Waals surface area contributed by atoms with Crippen LogP contribution in [0.25, 0.3) is 6.08 Å². The van der Waals surface area contributed by atoms with Gasteiger partial charge in [-0.15, -0.1) is 0 Å². The standard InChI is InChI=1S/C19H15FN2O3/c1-13-6-8-14(9-7-13)10-15(11-21)19(24)25-12-18(23)22-17-5-3-2-4-16(17)20/h2-10H,12H2,1H3,(H,22,23)/b15-10+. The molecule has 0 bridgehead atoms. The minimum atomic E-state index is -0.924. The molecule has 0 atom stereocenters. The van der Waals surface area contributed by atoms with Gasteiger partial charge < -0.3 is 10.1 Å². The maximum Gasteiger partial charge on any atom is 0.349 e. The second kappa shape index (κ2) is 8.41. The van der Waals surface area contributed by atoms with Crippen LogP contribution in [0.2, 0.25) is 0 Å². The summed E-state index contributed by atoms with van der Waals surface area (Å²) in [6.45, 7) is 1.29. The number of nitrogens with one attached hydrogen (secondary N) is 1. The van der Waals surface area contributed by atoms with E-state index in [1.165, 1.54) is 24.3 Å². The zero-order chi connectivity index (χ0) is 18.2. The zero-order valence-corrected chi connectivity index (χ0v) is 13.5. The monoisotopic (exact) mass is 338 g/mol. The number of para-hydroxylation sites is 1. The van der Waals surface area contributed by atoms with Gasteiger partial charge in [0.25, 0.3) is 5.91 Å². The van der Waals surface area contributed by atoms with E-state index in [0.29, 0.717) is 5.56 Å². The van der Waals surface area contributed by atoms with E-state index in [4.69, 9.17) is 10.00 Å². The molecule has 0 radical (unpaired) electrons. The van der Waals surface area contributed by atoms with Gasteiger partial charge in [0.2, 0.25) is 0 Å². The van der Waals surface area contributed by atoms with E-state index in [9.17, 15) is 14.0 Å². The van der Waals surface area contributed by atoms with Crippen molar-refractivity contribution in [1.82, 2.24) is 0 Å². The minimum Gasteiger partial charge on any atom is -0.451 e. The van der Waals surface area contributed by atoms with Crippen LogP contribution >= 0.6 is 0 Å². The third-order valence-electron chi connectivity index (χ3n) is 3.21. The first-order chi connectivity index (χ1) is 12.0. The van der Waals surface area contributed by atoms with Gasteiger partial charge >= 0.3 is 5.97 Å². The van der Waals surface area contributed by atoms with Gasteiger partial charge in [-0.1, -0.05) is 42.0 Å². The quantitative estimate of drug-likeness (QED) is 0.516. The Balaban J connectivity index is 1.96. The zero-order valence-electron chi connectivity index (χ0n) is 13.5. The Bertz CT molecular complexity index is 852. The molecule has 2 aromatic carbocycles. The number of hydrogen-bond donors (Lipinski definition) is 1. The predicted octanol–water partition coefficient (Wildman–Crippen LogP) is 3.22. The van der Waals surface area contributed by atoms with Gasteiger partial charge in [-0.3, -0.25) is 4.79 Å². The van der Waals surface area contributed by atoms with Crippen LogP contribution in [0.5, 0.6) is 0 Å². The number of esters is 1. The molecule has 0 aliphatic carbocycles. The topological polar surface area (TPSA) is 79.2 Å². The van der Waals surface area contributed by atoms with Gasteiger partial charge in [-0.2, -0.15) is 5.26 Å². The van der Waals surface area contributed by atoms with Crippen LogP contribution in [-0.2, 0) is 14.3 Å². The molecule has 0 aromatic heterocycles. The first-order valence-corrected chi connectivity index (χ1v) is 7.39. The number of nitriles is 1. The van der Waals surface area contributed by atoms with Gasteiger partial charge in [0, 0.05) is 0 Å². The van der Waals surface area contributed by atoms with Crippen LogP contribution in [0.15, 0.2) is 54.1 Å². The van der Waals surface area contributed by atoms with Crippen molar-refractivity contribution in [3.05, 3.63) is 71.0 Å². The molecule has 0 saturated heterocycles. The van der Waals surface area contributed by atoms with Crippen molar-refractivity contribution in [1.29, 1.82) is 5.26 Å². The molecular weight excluding hydrogens is 323 g/mol. The van der Waals surface area contributed by atoms with E-state index in [1.807, 2.05) is 19.1 Å². The number of halogens is 1. The van der Waals surface area contributed by atoms with Gasteiger partial charge in [0.15, 0.2) is 6.61 Å². The Morgan fingerprint density at radius 2 is 1.88 bits per heavy atom. The fourth-order valence-corrected chi connectivity index (χ4v) is 1.92. The predicted molar refractivity (Wildman–Crippen MR) is 90.8 cm³/mol. The second-order valence-corrected chi connectivity index (χ2v) is 5.18. The Labute approximate surface area is 144 Å². The highest BCUT2D eigenvalue weighted by molar-refractivity contribution is 6.00. The average Bonchev–Trinajstić information content (AvgIpc) is 2.61. The van der Waals surface area contributed by atoms with Crippen molar-refractivity contribution in [2.24, 2.45) is 0 Å². The van der Waals surface area contributed by atoms with Crippen LogP contribution < -0.4 is 5.32 Å². The van der Waals surface area contributed by atoms with Crippen molar-refractivity contribution in [2.45, 2.75) is 6.92 Å². The number of anilines is 1. The number of rotatable bonds is 5. The lowest BCUT2D eigenvalue weighted by Gasteiger charge is -2.07. The van der Waals surface area contributed by atoms with E-state index in [-0.39, 0.29) is 11.3 Å². The normalized spacial score (nSPS) is 10.7. The summed E-state index contributed by atoms with van der Waals surface area (Å²) in [5.41, 5.74) is 1.46. The Morgan fingerprint density at radius 3 is 2.52 bits per heavy atom. The summed E-state index contributed by atoms with van der Waals surface area (Å²) in [5.74, 6) is -2.23. The fraction of sp³-hybridized carbons (Fsp3) is 0.105. The Kier molecular flexibility index (Phi) is 6.02. The van der Waals surface area contributed by atoms with Gasteiger partial charge in [-0.05, 0) is 30.7 Å².